The molecule has 120 valence electrons. The summed E-state index contributed by atoms with van der Waals surface area (Å²) >= 11 is 2.42. The SMILES string of the molecule is C/C(=C\C(=C/CC(=O)O)C(=O)O)NSc1cccc2nsnc12. The zero-order valence-electron chi connectivity index (χ0n) is 12.0. The molecule has 0 amide bonds. The smallest absolute Gasteiger partial charge is 0.335 e. The second-order valence-corrected chi connectivity index (χ2v) is 5.86. The molecule has 1 aromatic carbocycles. The Bertz CT molecular complexity index is 798. The molecule has 23 heavy (non-hydrogen) atoms. The second-order valence-electron chi connectivity index (χ2n) is 4.48. The third kappa shape index (κ3) is 4.80. The topological polar surface area (TPSA) is 112 Å². The molecule has 2 aromatic rings. The van der Waals surface area contributed by atoms with Crippen molar-refractivity contribution in [3.63, 3.8) is 0 Å². The number of carbonyl (C=O) groups is 2. The maximum Gasteiger partial charge on any atom is 0.335 e. The van der Waals surface area contributed by atoms with Gasteiger partial charge < -0.3 is 14.9 Å². The Hall–Kier alpha value is -2.39. The predicted molar refractivity (Wildman–Crippen MR) is 88.1 cm³/mol. The van der Waals surface area contributed by atoms with Gasteiger partial charge in [-0.25, -0.2) is 4.79 Å². The van der Waals surface area contributed by atoms with Gasteiger partial charge in [-0.1, -0.05) is 12.1 Å². The molecule has 9 heteroatoms. The van der Waals surface area contributed by atoms with Gasteiger partial charge in [-0.05, 0) is 37.1 Å². The molecule has 0 saturated heterocycles. The van der Waals surface area contributed by atoms with Gasteiger partial charge in [0.05, 0.1) is 28.6 Å². The highest BCUT2D eigenvalue weighted by atomic mass is 32.2. The van der Waals surface area contributed by atoms with E-state index in [4.69, 9.17) is 10.2 Å². The van der Waals surface area contributed by atoms with E-state index in [-0.39, 0.29) is 12.0 Å². The number of rotatable bonds is 7. The molecule has 0 unspecified atom stereocenters. The standard InChI is InChI=1S/C14H13N3O4S2/c1-8(7-9(14(20)21)5-6-12(18)19)15-22-11-4-2-3-10-13(11)17-23-16-10/h2-5,7,15H,6H2,1H3,(H,18,19)(H,20,21)/b8-7+,9-5+. The number of hydrogen-bond donors (Lipinski definition) is 3. The number of aliphatic carboxylic acids is 2. The summed E-state index contributed by atoms with van der Waals surface area (Å²) in [4.78, 5) is 22.5. The normalized spacial score (nSPS) is 12.4. The zero-order valence-corrected chi connectivity index (χ0v) is 13.6. The Kier molecular flexibility index (Phi) is 5.72. The lowest BCUT2D eigenvalue weighted by Gasteiger charge is -2.06. The van der Waals surface area contributed by atoms with Crippen molar-refractivity contribution in [2.75, 3.05) is 0 Å². The molecule has 2 rings (SSSR count). The Labute approximate surface area is 140 Å². The fraction of sp³-hybridized carbons (Fsp3) is 0.143. The largest absolute Gasteiger partial charge is 0.481 e. The molecule has 3 N–H and O–H groups in total. The van der Waals surface area contributed by atoms with E-state index in [0.717, 1.165) is 33.7 Å². The highest BCUT2D eigenvalue weighted by Gasteiger charge is 2.08. The summed E-state index contributed by atoms with van der Waals surface area (Å²) in [6.45, 7) is 1.70. The molecule has 0 bridgehead atoms. The second kappa shape index (κ2) is 7.75. The van der Waals surface area contributed by atoms with Gasteiger partial charge in [0.2, 0.25) is 0 Å². The van der Waals surface area contributed by atoms with Crippen LogP contribution in [0.3, 0.4) is 0 Å². The Morgan fingerprint density at radius 3 is 2.83 bits per heavy atom. The lowest BCUT2D eigenvalue weighted by atomic mass is 10.2. The Morgan fingerprint density at radius 2 is 2.13 bits per heavy atom. The van der Waals surface area contributed by atoms with Crippen LogP contribution >= 0.6 is 23.7 Å². The quantitative estimate of drug-likeness (QED) is 0.396. The lowest BCUT2D eigenvalue weighted by Crippen LogP contribution is -2.05. The first-order valence-corrected chi connectivity index (χ1v) is 7.99. The molecule has 7 nitrogen and oxygen atoms in total. The number of nitrogens with one attached hydrogen (secondary N) is 1. The number of benzene rings is 1. The van der Waals surface area contributed by atoms with E-state index in [1.54, 1.807) is 6.92 Å². The van der Waals surface area contributed by atoms with Crippen LogP contribution < -0.4 is 4.72 Å². The minimum Gasteiger partial charge on any atom is -0.481 e. The molecule has 1 heterocycles. The molecule has 0 spiro atoms. The van der Waals surface area contributed by atoms with E-state index in [9.17, 15) is 9.59 Å². The van der Waals surface area contributed by atoms with Crippen LogP contribution in [0, 0.1) is 0 Å². The van der Waals surface area contributed by atoms with Gasteiger partial charge in [-0.15, -0.1) is 0 Å². The molecular weight excluding hydrogens is 338 g/mol. The summed E-state index contributed by atoms with van der Waals surface area (Å²) in [5.74, 6) is -2.26. The van der Waals surface area contributed by atoms with Crippen molar-refractivity contribution >= 4 is 46.6 Å². The molecule has 1 aromatic heterocycles. The predicted octanol–water partition coefficient (Wildman–Crippen LogP) is 2.68. The molecule has 0 aliphatic heterocycles. The first-order valence-electron chi connectivity index (χ1n) is 6.45. The Morgan fingerprint density at radius 1 is 1.35 bits per heavy atom. The van der Waals surface area contributed by atoms with E-state index in [0.29, 0.717) is 5.70 Å². The third-order valence-electron chi connectivity index (χ3n) is 2.69. The summed E-state index contributed by atoms with van der Waals surface area (Å²) in [7, 11) is 0. The minimum absolute atomic E-state index is 0.0773. The average molecular weight is 351 g/mol. The van der Waals surface area contributed by atoms with Gasteiger partial charge in [0.15, 0.2) is 0 Å². The van der Waals surface area contributed by atoms with Gasteiger partial charge in [0.25, 0.3) is 0 Å². The van der Waals surface area contributed by atoms with E-state index >= 15 is 0 Å². The van der Waals surface area contributed by atoms with Crippen LogP contribution in [0.1, 0.15) is 13.3 Å². The summed E-state index contributed by atoms with van der Waals surface area (Å²) in [5.41, 5.74) is 2.08. The van der Waals surface area contributed by atoms with Crippen molar-refractivity contribution in [1.82, 2.24) is 13.5 Å². The average Bonchev–Trinajstić information content (AvgIpc) is 2.97. The van der Waals surface area contributed by atoms with Crippen LogP contribution in [0.4, 0.5) is 0 Å². The number of fused-ring (bicyclic) bond motifs is 1. The van der Waals surface area contributed by atoms with Crippen molar-refractivity contribution in [3.8, 4) is 0 Å². The van der Waals surface area contributed by atoms with E-state index in [1.165, 1.54) is 18.0 Å². The highest BCUT2D eigenvalue weighted by molar-refractivity contribution is 7.97. The molecule has 0 atom stereocenters. The van der Waals surface area contributed by atoms with Gasteiger partial charge in [0.1, 0.15) is 11.0 Å². The van der Waals surface area contributed by atoms with E-state index < -0.39 is 11.9 Å². The number of hydrogen-bond acceptors (Lipinski definition) is 7. The lowest BCUT2D eigenvalue weighted by molar-refractivity contribution is -0.136. The van der Waals surface area contributed by atoms with E-state index in [2.05, 4.69) is 13.5 Å². The number of nitrogens with zero attached hydrogens (tertiary/aromatic N) is 2. The molecular formula is C14H13N3O4S2. The third-order valence-corrected chi connectivity index (χ3v) is 4.20. The van der Waals surface area contributed by atoms with Gasteiger partial charge in [-0.2, -0.15) is 8.75 Å². The maximum atomic E-state index is 11.1. The number of carboxylic acids is 2. The molecule has 0 fully saturated rings. The summed E-state index contributed by atoms with van der Waals surface area (Å²) in [6.07, 6.45) is 2.20. The van der Waals surface area contributed by atoms with Gasteiger partial charge >= 0.3 is 11.9 Å². The van der Waals surface area contributed by atoms with Gasteiger partial charge in [0, 0.05) is 5.70 Å². The van der Waals surface area contributed by atoms with Crippen LogP contribution in [0.2, 0.25) is 0 Å². The van der Waals surface area contributed by atoms with Crippen molar-refractivity contribution in [2.45, 2.75) is 18.2 Å². The first-order chi connectivity index (χ1) is 11.0. The Balaban J connectivity index is 2.09. The van der Waals surface area contributed by atoms with Crippen LogP contribution in [0.5, 0.6) is 0 Å². The molecule has 0 saturated carbocycles. The van der Waals surface area contributed by atoms with Crippen LogP contribution in [0.15, 0.2) is 46.5 Å². The molecule has 0 radical (unpaired) electrons. The minimum atomic E-state index is -1.18. The fourth-order valence-corrected chi connectivity index (χ4v) is 3.00. The van der Waals surface area contributed by atoms with Crippen molar-refractivity contribution in [2.24, 2.45) is 0 Å². The van der Waals surface area contributed by atoms with E-state index in [1.807, 2.05) is 18.2 Å². The molecule has 0 aliphatic rings. The maximum absolute atomic E-state index is 11.1. The van der Waals surface area contributed by atoms with Gasteiger partial charge in [-0.3, -0.25) is 4.79 Å². The van der Waals surface area contributed by atoms with Crippen molar-refractivity contribution in [1.29, 1.82) is 0 Å². The number of carboxylic acid groups (broad SMARTS) is 2. The van der Waals surface area contributed by atoms with Crippen LogP contribution in [0.25, 0.3) is 11.0 Å². The monoisotopic (exact) mass is 351 g/mol. The first kappa shape index (κ1) is 17.0. The van der Waals surface area contributed by atoms with Crippen LogP contribution in [-0.2, 0) is 9.59 Å². The summed E-state index contributed by atoms with van der Waals surface area (Å²) in [5, 5.41) is 17.7. The summed E-state index contributed by atoms with van der Waals surface area (Å²) < 4.78 is 11.4. The molecule has 0 aliphatic carbocycles. The van der Waals surface area contributed by atoms with Crippen LogP contribution in [-0.4, -0.2) is 30.9 Å². The summed E-state index contributed by atoms with van der Waals surface area (Å²) in [6, 6.07) is 5.61. The number of allylic oxidation sites excluding steroid dienone is 1. The number of aromatic nitrogens is 2. The zero-order chi connectivity index (χ0) is 16.8. The van der Waals surface area contributed by atoms with Crippen molar-refractivity contribution in [3.05, 3.63) is 41.6 Å². The van der Waals surface area contributed by atoms with Crippen molar-refractivity contribution < 1.29 is 19.8 Å². The highest BCUT2D eigenvalue weighted by Crippen LogP contribution is 2.25. The fourth-order valence-electron chi connectivity index (χ4n) is 1.67.